The maximum absolute atomic E-state index is 4.83. The molecule has 0 saturated carbocycles. The van der Waals surface area contributed by atoms with Gasteiger partial charge in [0, 0.05) is 17.8 Å². The van der Waals surface area contributed by atoms with E-state index in [0.29, 0.717) is 12.6 Å². The Balaban J connectivity index is 1.36. The van der Waals surface area contributed by atoms with Gasteiger partial charge in [0.05, 0.1) is 54.3 Å². The van der Waals surface area contributed by atoms with Gasteiger partial charge in [-0.1, -0.05) is 38.1 Å². The minimum absolute atomic E-state index is 0.456. The molecule has 0 spiro atoms. The topological polar surface area (TPSA) is 98.7 Å². The van der Waals surface area contributed by atoms with Crippen molar-refractivity contribution in [1.29, 1.82) is 0 Å². The molecule has 1 aromatic carbocycles. The summed E-state index contributed by atoms with van der Waals surface area (Å²) in [5.74, 6) is 1.87. The zero-order chi connectivity index (χ0) is 24.9. The molecule has 186 valence electrons. The average Bonchev–Trinajstić information content (AvgIpc) is 3.68. The molecule has 1 atom stereocenters. The van der Waals surface area contributed by atoms with Crippen LogP contribution >= 0.6 is 0 Å². The molecule has 4 heterocycles. The van der Waals surface area contributed by atoms with E-state index in [4.69, 9.17) is 4.98 Å². The van der Waals surface area contributed by atoms with Crippen molar-refractivity contribution in [2.75, 3.05) is 6.54 Å². The Kier molecular flexibility index (Phi) is 7.25. The van der Waals surface area contributed by atoms with E-state index in [1.54, 1.807) is 0 Å². The second kappa shape index (κ2) is 10.9. The third-order valence-electron chi connectivity index (χ3n) is 6.52. The predicted octanol–water partition coefficient (Wildman–Crippen LogP) is 5.17. The molecule has 36 heavy (non-hydrogen) atoms. The third kappa shape index (κ3) is 5.10. The normalized spacial score (nSPS) is 12.4. The summed E-state index contributed by atoms with van der Waals surface area (Å²) >= 11 is 0. The van der Waals surface area contributed by atoms with E-state index in [9.17, 15) is 0 Å². The number of aromatic amines is 2. The first-order valence-electron chi connectivity index (χ1n) is 12.7. The van der Waals surface area contributed by atoms with Crippen LogP contribution in [0.15, 0.2) is 61.2 Å². The van der Waals surface area contributed by atoms with Gasteiger partial charge < -0.3 is 25.0 Å². The van der Waals surface area contributed by atoms with Gasteiger partial charge in [0.25, 0.3) is 0 Å². The van der Waals surface area contributed by atoms with Crippen molar-refractivity contribution in [1.82, 2.24) is 40.0 Å². The van der Waals surface area contributed by atoms with E-state index in [1.807, 2.05) is 18.6 Å². The van der Waals surface area contributed by atoms with Gasteiger partial charge in [-0.15, -0.1) is 0 Å². The quantitative estimate of drug-likeness (QED) is 0.195. The second-order valence-corrected chi connectivity index (χ2v) is 9.19. The summed E-state index contributed by atoms with van der Waals surface area (Å²) in [6.07, 6.45) is 9.97. The van der Waals surface area contributed by atoms with Gasteiger partial charge in [0.1, 0.15) is 17.3 Å². The number of hydrogen-bond acceptors (Lipinski definition) is 5. The van der Waals surface area contributed by atoms with E-state index >= 15 is 0 Å². The van der Waals surface area contributed by atoms with Crippen molar-refractivity contribution in [2.24, 2.45) is 0 Å². The molecular formula is C28H34N8. The summed E-state index contributed by atoms with van der Waals surface area (Å²) in [5, 5.41) is 6.86. The average molecular weight is 483 g/mol. The van der Waals surface area contributed by atoms with Crippen LogP contribution < -0.4 is 10.6 Å². The maximum atomic E-state index is 4.83. The SMILES string of the molecule is CCCNCc1ncc(-c2ccc(-c3cnc(-c4cnc(CN[C@@H](C)CC)[nH]4)c4cccn34)cc2)[nH]1. The first-order chi connectivity index (χ1) is 17.7. The van der Waals surface area contributed by atoms with Crippen LogP contribution in [0, 0.1) is 0 Å². The molecule has 0 fully saturated rings. The molecule has 8 heteroatoms. The van der Waals surface area contributed by atoms with Crippen molar-refractivity contribution < 1.29 is 0 Å². The molecule has 5 rings (SSSR count). The first kappa shape index (κ1) is 24.0. The van der Waals surface area contributed by atoms with Gasteiger partial charge in [0.2, 0.25) is 0 Å². The molecule has 0 bridgehead atoms. The van der Waals surface area contributed by atoms with Gasteiger partial charge in [-0.25, -0.2) is 9.97 Å². The number of fused-ring (bicyclic) bond motifs is 1. The summed E-state index contributed by atoms with van der Waals surface area (Å²) in [7, 11) is 0. The number of nitrogens with one attached hydrogen (secondary N) is 4. The Morgan fingerprint density at radius 1 is 0.861 bits per heavy atom. The summed E-state index contributed by atoms with van der Waals surface area (Å²) < 4.78 is 2.18. The molecule has 4 N–H and O–H groups in total. The van der Waals surface area contributed by atoms with Crippen molar-refractivity contribution in [2.45, 2.75) is 52.7 Å². The second-order valence-electron chi connectivity index (χ2n) is 9.19. The fourth-order valence-corrected chi connectivity index (χ4v) is 4.25. The van der Waals surface area contributed by atoms with E-state index < -0.39 is 0 Å². The van der Waals surface area contributed by atoms with Crippen LogP contribution in [-0.2, 0) is 13.1 Å². The van der Waals surface area contributed by atoms with Crippen LogP contribution in [0.2, 0.25) is 0 Å². The fraction of sp³-hybridized carbons (Fsp3) is 0.321. The summed E-state index contributed by atoms with van der Waals surface area (Å²) in [4.78, 5) is 20.7. The van der Waals surface area contributed by atoms with Crippen molar-refractivity contribution in [3.05, 3.63) is 72.8 Å². The Hall–Kier alpha value is -3.75. The lowest BCUT2D eigenvalue weighted by atomic mass is 10.1. The highest BCUT2D eigenvalue weighted by molar-refractivity contribution is 5.78. The van der Waals surface area contributed by atoms with E-state index in [-0.39, 0.29) is 0 Å². The Labute approximate surface area is 211 Å². The maximum Gasteiger partial charge on any atom is 0.120 e. The van der Waals surface area contributed by atoms with Crippen LogP contribution in [0.3, 0.4) is 0 Å². The van der Waals surface area contributed by atoms with Crippen molar-refractivity contribution in [3.8, 4) is 33.9 Å². The molecule has 0 radical (unpaired) electrons. The highest BCUT2D eigenvalue weighted by Gasteiger charge is 2.13. The summed E-state index contributed by atoms with van der Waals surface area (Å²) in [6, 6.07) is 13.1. The lowest BCUT2D eigenvalue weighted by Gasteiger charge is -2.10. The van der Waals surface area contributed by atoms with Crippen LogP contribution in [-0.4, -0.2) is 41.9 Å². The summed E-state index contributed by atoms with van der Waals surface area (Å²) in [6.45, 7) is 8.97. The minimum atomic E-state index is 0.456. The molecule has 0 saturated heterocycles. The van der Waals surface area contributed by atoms with Gasteiger partial charge in [-0.05, 0) is 44.0 Å². The van der Waals surface area contributed by atoms with E-state index in [2.05, 4.69) is 98.3 Å². The Morgan fingerprint density at radius 3 is 2.36 bits per heavy atom. The van der Waals surface area contributed by atoms with Gasteiger partial charge >= 0.3 is 0 Å². The lowest BCUT2D eigenvalue weighted by molar-refractivity contribution is 0.525. The van der Waals surface area contributed by atoms with Crippen LogP contribution in [0.25, 0.3) is 39.4 Å². The molecule has 5 aromatic rings. The highest BCUT2D eigenvalue weighted by atomic mass is 15.0. The predicted molar refractivity (Wildman–Crippen MR) is 144 cm³/mol. The molecular weight excluding hydrogens is 448 g/mol. The number of aromatic nitrogens is 6. The van der Waals surface area contributed by atoms with Crippen molar-refractivity contribution >= 4 is 5.52 Å². The van der Waals surface area contributed by atoms with E-state index in [1.165, 1.54) is 0 Å². The van der Waals surface area contributed by atoms with E-state index in [0.717, 1.165) is 77.0 Å². The smallest absolute Gasteiger partial charge is 0.120 e. The van der Waals surface area contributed by atoms with Gasteiger partial charge in [-0.3, -0.25) is 4.98 Å². The molecule has 0 unspecified atom stereocenters. The number of H-pyrrole nitrogens is 2. The Morgan fingerprint density at radius 2 is 1.58 bits per heavy atom. The van der Waals surface area contributed by atoms with Crippen LogP contribution in [0.4, 0.5) is 0 Å². The first-order valence-corrected chi connectivity index (χ1v) is 12.7. The Bertz CT molecular complexity index is 1410. The zero-order valence-corrected chi connectivity index (χ0v) is 21.2. The lowest BCUT2D eigenvalue weighted by Crippen LogP contribution is -2.24. The van der Waals surface area contributed by atoms with Crippen LogP contribution in [0.5, 0.6) is 0 Å². The molecule has 0 amide bonds. The third-order valence-corrected chi connectivity index (χ3v) is 6.52. The number of benzene rings is 1. The molecule has 0 aliphatic carbocycles. The standard InChI is InChI=1S/C28H34N8/c1-4-12-29-17-26-31-14-22(34-26)20-8-10-21(11-9-20)25-16-33-28(24-7-6-13-36(24)25)23-15-32-27(35-23)18-30-19(3)5-2/h6-11,13-16,19,29-30H,4-5,12,17-18H2,1-3H3,(H,31,34)(H,32,35)/t19-/m0/s1. The monoisotopic (exact) mass is 482 g/mol. The molecule has 0 aliphatic rings. The van der Waals surface area contributed by atoms with Crippen LogP contribution in [0.1, 0.15) is 45.3 Å². The zero-order valence-electron chi connectivity index (χ0n) is 21.2. The molecule has 4 aromatic heterocycles. The number of rotatable bonds is 11. The number of nitrogens with zero attached hydrogens (tertiary/aromatic N) is 4. The molecule has 0 aliphatic heterocycles. The molecule has 8 nitrogen and oxygen atoms in total. The van der Waals surface area contributed by atoms with Gasteiger partial charge in [0.15, 0.2) is 0 Å². The number of imidazole rings is 2. The fourth-order valence-electron chi connectivity index (χ4n) is 4.25. The highest BCUT2D eigenvalue weighted by Crippen LogP contribution is 2.28. The number of hydrogen-bond donors (Lipinski definition) is 4. The van der Waals surface area contributed by atoms with Gasteiger partial charge in [-0.2, -0.15) is 0 Å². The minimum Gasteiger partial charge on any atom is -0.341 e. The largest absolute Gasteiger partial charge is 0.341 e. The van der Waals surface area contributed by atoms with Crippen molar-refractivity contribution in [3.63, 3.8) is 0 Å². The summed E-state index contributed by atoms with van der Waals surface area (Å²) in [5.41, 5.74) is 7.13.